The van der Waals surface area contributed by atoms with Crippen molar-refractivity contribution in [2.45, 2.75) is 6.92 Å². The second-order valence-electron chi connectivity index (χ2n) is 6.24. The van der Waals surface area contributed by atoms with Gasteiger partial charge in [-0.2, -0.15) is 0 Å². The molecule has 0 amide bonds. The molecule has 27 heavy (non-hydrogen) atoms. The first-order chi connectivity index (χ1) is 13.1. The lowest BCUT2D eigenvalue weighted by atomic mass is 10.1. The maximum atomic E-state index is 11.5. The molecule has 5 nitrogen and oxygen atoms in total. The second-order valence-corrected chi connectivity index (χ2v) is 6.24. The van der Waals surface area contributed by atoms with E-state index >= 15 is 0 Å². The van der Waals surface area contributed by atoms with Gasteiger partial charge in [-0.25, -0.2) is 4.79 Å². The van der Waals surface area contributed by atoms with Crippen LogP contribution in [-0.2, 0) is 4.74 Å². The van der Waals surface area contributed by atoms with Crippen LogP contribution in [0.25, 0.3) is 17.0 Å². The molecule has 1 heterocycles. The lowest BCUT2D eigenvalue weighted by Crippen LogP contribution is -2.03. The lowest BCUT2D eigenvalue weighted by Gasteiger charge is -2.09. The van der Waals surface area contributed by atoms with Crippen LogP contribution in [0.15, 0.2) is 60.3 Å². The molecule has 0 aliphatic carbocycles. The van der Waals surface area contributed by atoms with Gasteiger partial charge in [0, 0.05) is 11.9 Å². The minimum atomic E-state index is -0.329. The number of carbonyl (C=O) groups is 1. The van der Waals surface area contributed by atoms with E-state index in [9.17, 15) is 4.79 Å². The minimum absolute atomic E-state index is 0.329. The highest BCUT2D eigenvalue weighted by Gasteiger charge is 2.04. The van der Waals surface area contributed by atoms with E-state index in [0.29, 0.717) is 12.1 Å². The van der Waals surface area contributed by atoms with E-state index in [-0.39, 0.29) is 5.97 Å². The summed E-state index contributed by atoms with van der Waals surface area (Å²) in [6, 6.07) is 15.2. The number of anilines is 1. The summed E-state index contributed by atoms with van der Waals surface area (Å²) in [5.41, 5.74) is 4.61. The summed E-state index contributed by atoms with van der Waals surface area (Å²) in [5, 5.41) is 4.41. The highest BCUT2D eigenvalue weighted by molar-refractivity contribution is 5.89. The number of nitrogens with zero attached hydrogens (tertiary/aromatic N) is 1. The molecule has 0 fully saturated rings. The molecule has 0 atom stereocenters. The van der Waals surface area contributed by atoms with Gasteiger partial charge in [0.25, 0.3) is 0 Å². The molecule has 0 saturated carbocycles. The Morgan fingerprint density at radius 2 is 1.89 bits per heavy atom. The van der Waals surface area contributed by atoms with E-state index in [1.54, 1.807) is 19.2 Å². The average molecular weight is 362 g/mol. The standard InChI is InChI=1S/C22H22N2O3/c1-15(10-16-4-6-17(7-5-16)22(25)27-3)13-23-19-11-18-12-20(26-2)8-9-21(18)24-14-19/h4-12,14,23H,13H2,1-3H3. The maximum Gasteiger partial charge on any atom is 0.337 e. The number of methoxy groups -OCH3 is 2. The zero-order chi connectivity index (χ0) is 19.2. The van der Waals surface area contributed by atoms with Gasteiger partial charge in [0.1, 0.15) is 5.75 Å². The molecule has 138 valence electrons. The van der Waals surface area contributed by atoms with Crippen molar-refractivity contribution in [2.24, 2.45) is 0 Å². The van der Waals surface area contributed by atoms with Crippen LogP contribution in [0.2, 0.25) is 0 Å². The topological polar surface area (TPSA) is 60.5 Å². The van der Waals surface area contributed by atoms with Crippen LogP contribution in [0.3, 0.4) is 0 Å². The van der Waals surface area contributed by atoms with Gasteiger partial charge in [-0.05, 0) is 48.9 Å². The minimum Gasteiger partial charge on any atom is -0.497 e. The molecule has 0 aliphatic heterocycles. The van der Waals surface area contributed by atoms with Gasteiger partial charge in [0.05, 0.1) is 37.2 Å². The molecule has 0 bridgehead atoms. The summed E-state index contributed by atoms with van der Waals surface area (Å²) in [5.74, 6) is 0.484. The third-order valence-corrected chi connectivity index (χ3v) is 4.20. The fourth-order valence-corrected chi connectivity index (χ4v) is 2.74. The fourth-order valence-electron chi connectivity index (χ4n) is 2.74. The zero-order valence-electron chi connectivity index (χ0n) is 15.7. The van der Waals surface area contributed by atoms with Crippen molar-refractivity contribution < 1.29 is 14.3 Å². The number of aromatic nitrogens is 1. The SMILES string of the molecule is COC(=O)c1ccc(C=C(C)CNc2cnc3ccc(OC)cc3c2)cc1. The molecule has 0 unspecified atom stereocenters. The van der Waals surface area contributed by atoms with Crippen molar-refractivity contribution in [3.05, 3.63) is 71.4 Å². The lowest BCUT2D eigenvalue weighted by molar-refractivity contribution is 0.0600. The Kier molecular flexibility index (Phi) is 5.71. The van der Waals surface area contributed by atoms with Crippen LogP contribution in [-0.4, -0.2) is 31.7 Å². The molecule has 3 rings (SSSR count). The normalized spacial score (nSPS) is 11.3. The van der Waals surface area contributed by atoms with Crippen molar-refractivity contribution >= 4 is 28.6 Å². The van der Waals surface area contributed by atoms with Gasteiger partial charge in [-0.15, -0.1) is 0 Å². The van der Waals surface area contributed by atoms with Crippen LogP contribution < -0.4 is 10.1 Å². The predicted octanol–water partition coefficient (Wildman–Crippen LogP) is 4.55. The Bertz CT molecular complexity index is 979. The second kappa shape index (κ2) is 8.36. The molecular formula is C22H22N2O3. The van der Waals surface area contributed by atoms with Gasteiger partial charge in [-0.3, -0.25) is 4.98 Å². The summed E-state index contributed by atoms with van der Waals surface area (Å²) in [7, 11) is 3.03. The molecule has 0 spiro atoms. The smallest absolute Gasteiger partial charge is 0.337 e. The number of pyridine rings is 1. The van der Waals surface area contributed by atoms with Gasteiger partial charge < -0.3 is 14.8 Å². The van der Waals surface area contributed by atoms with Crippen molar-refractivity contribution in [3.63, 3.8) is 0 Å². The van der Waals surface area contributed by atoms with E-state index in [4.69, 9.17) is 9.47 Å². The quantitative estimate of drug-likeness (QED) is 0.652. The Balaban J connectivity index is 1.67. The van der Waals surface area contributed by atoms with Crippen molar-refractivity contribution in [1.82, 2.24) is 4.98 Å². The number of benzene rings is 2. The molecular weight excluding hydrogens is 340 g/mol. The predicted molar refractivity (Wildman–Crippen MR) is 108 cm³/mol. The summed E-state index contributed by atoms with van der Waals surface area (Å²) >= 11 is 0. The molecule has 0 radical (unpaired) electrons. The van der Waals surface area contributed by atoms with Crippen molar-refractivity contribution in [2.75, 3.05) is 26.1 Å². The highest BCUT2D eigenvalue weighted by atomic mass is 16.5. The third-order valence-electron chi connectivity index (χ3n) is 4.20. The van der Waals surface area contributed by atoms with Crippen molar-refractivity contribution in [3.8, 4) is 5.75 Å². The first-order valence-electron chi connectivity index (χ1n) is 8.62. The van der Waals surface area contributed by atoms with E-state index in [0.717, 1.165) is 33.5 Å². The Labute approximate surface area is 158 Å². The number of nitrogens with one attached hydrogen (secondary N) is 1. The molecule has 0 aliphatic rings. The van der Waals surface area contributed by atoms with E-state index in [2.05, 4.69) is 29.4 Å². The fraction of sp³-hybridized carbons (Fsp3) is 0.182. The van der Waals surface area contributed by atoms with Crippen molar-refractivity contribution in [1.29, 1.82) is 0 Å². The maximum absolute atomic E-state index is 11.5. The van der Waals surface area contributed by atoms with Gasteiger partial charge in [0.2, 0.25) is 0 Å². The van der Waals surface area contributed by atoms with Crippen LogP contribution in [0.1, 0.15) is 22.8 Å². The highest BCUT2D eigenvalue weighted by Crippen LogP contribution is 2.22. The number of ether oxygens (including phenoxy) is 2. The number of hydrogen-bond acceptors (Lipinski definition) is 5. The van der Waals surface area contributed by atoms with E-state index in [1.165, 1.54) is 7.11 Å². The van der Waals surface area contributed by atoms with Gasteiger partial charge in [-0.1, -0.05) is 23.8 Å². The Morgan fingerprint density at radius 1 is 1.11 bits per heavy atom. The molecule has 2 aromatic carbocycles. The van der Waals surface area contributed by atoms with Crippen LogP contribution in [0.4, 0.5) is 5.69 Å². The van der Waals surface area contributed by atoms with Gasteiger partial charge in [0.15, 0.2) is 0 Å². The third kappa shape index (κ3) is 4.64. The number of esters is 1. The number of fused-ring (bicyclic) bond motifs is 1. The van der Waals surface area contributed by atoms with Crippen LogP contribution in [0, 0.1) is 0 Å². The Hall–Kier alpha value is -3.34. The largest absolute Gasteiger partial charge is 0.497 e. The summed E-state index contributed by atoms with van der Waals surface area (Å²) in [6.45, 7) is 2.74. The molecule has 0 saturated heterocycles. The Morgan fingerprint density at radius 3 is 2.59 bits per heavy atom. The number of hydrogen-bond donors (Lipinski definition) is 1. The molecule has 3 aromatic rings. The first-order valence-corrected chi connectivity index (χ1v) is 8.62. The molecule has 1 N–H and O–H groups in total. The van der Waals surface area contributed by atoms with Crippen LogP contribution in [0.5, 0.6) is 5.75 Å². The number of rotatable bonds is 6. The van der Waals surface area contributed by atoms with E-state index < -0.39 is 0 Å². The monoisotopic (exact) mass is 362 g/mol. The number of carbonyl (C=O) groups excluding carboxylic acids is 1. The van der Waals surface area contributed by atoms with Crippen LogP contribution >= 0.6 is 0 Å². The average Bonchev–Trinajstić information content (AvgIpc) is 2.71. The summed E-state index contributed by atoms with van der Waals surface area (Å²) in [6.07, 6.45) is 3.90. The molecule has 5 heteroatoms. The summed E-state index contributed by atoms with van der Waals surface area (Å²) < 4.78 is 9.98. The summed E-state index contributed by atoms with van der Waals surface area (Å²) in [4.78, 5) is 15.9. The first kappa shape index (κ1) is 18.5. The van der Waals surface area contributed by atoms with E-state index in [1.807, 2.05) is 36.5 Å². The molecule has 1 aromatic heterocycles. The zero-order valence-corrected chi connectivity index (χ0v) is 15.7. The van der Waals surface area contributed by atoms with Gasteiger partial charge >= 0.3 is 5.97 Å².